The van der Waals surface area contributed by atoms with Gasteiger partial charge in [0.2, 0.25) is 0 Å². The predicted octanol–water partition coefficient (Wildman–Crippen LogP) is -3.56. The molecule has 0 unspecified atom stereocenters. The molecule has 0 aromatic rings. The van der Waals surface area contributed by atoms with Crippen LogP contribution in [-0.2, 0) is 4.74 Å². The van der Waals surface area contributed by atoms with Crippen LogP contribution in [0.4, 0.5) is 0 Å². The van der Waals surface area contributed by atoms with Crippen LogP contribution in [0, 0.1) is 0 Å². The first-order chi connectivity index (χ1) is 9.49. The average Bonchev–Trinajstić information content (AvgIpc) is 2.70. The molecular formula is C12H24N2O6. The van der Waals surface area contributed by atoms with E-state index >= 15 is 0 Å². The lowest BCUT2D eigenvalue weighted by Crippen LogP contribution is -2.53. The molecular weight excluding hydrogens is 268 g/mol. The summed E-state index contributed by atoms with van der Waals surface area (Å²) in [5, 5.41) is 51.9. The molecule has 0 spiro atoms. The maximum absolute atomic E-state index is 10.4. The first-order valence-corrected chi connectivity index (χ1v) is 6.95. The fraction of sp³-hybridized carbons (Fsp3) is 1.00. The number of nitrogens with one attached hydrogen (secondary N) is 1. The Bertz CT molecular complexity index is 314. The van der Waals surface area contributed by atoms with Gasteiger partial charge in [-0.2, -0.15) is 0 Å². The van der Waals surface area contributed by atoms with Gasteiger partial charge in [0.25, 0.3) is 0 Å². The molecule has 8 heteroatoms. The van der Waals surface area contributed by atoms with Crippen molar-refractivity contribution in [3.05, 3.63) is 0 Å². The quantitative estimate of drug-likeness (QED) is 0.307. The van der Waals surface area contributed by atoms with Crippen LogP contribution in [0.3, 0.4) is 0 Å². The van der Waals surface area contributed by atoms with E-state index in [1.165, 1.54) is 0 Å². The highest BCUT2D eigenvalue weighted by Crippen LogP contribution is 2.34. The molecule has 2 aliphatic rings. The summed E-state index contributed by atoms with van der Waals surface area (Å²) in [6, 6.07) is 0. The lowest BCUT2D eigenvalue weighted by molar-refractivity contribution is -0.185. The number of hydrogen-bond donors (Lipinski definition) is 6. The highest BCUT2D eigenvalue weighted by Gasteiger charge is 2.56. The monoisotopic (exact) mass is 292 g/mol. The number of rotatable bonds is 5. The molecule has 0 amide bonds. The summed E-state index contributed by atoms with van der Waals surface area (Å²) in [5.41, 5.74) is -1.83. The van der Waals surface area contributed by atoms with Crippen LogP contribution < -0.4 is 5.32 Å². The van der Waals surface area contributed by atoms with Gasteiger partial charge < -0.3 is 40.5 Å². The zero-order chi connectivity index (χ0) is 14.8. The van der Waals surface area contributed by atoms with Gasteiger partial charge in [0.05, 0.1) is 6.61 Å². The molecule has 0 saturated carbocycles. The maximum Gasteiger partial charge on any atom is 0.187 e. The molecule has 118 valence electrons. The molecule has 0 aromatic heterocycles. The van der Waals surface area contributed by atoms with E-state index in [9.17, 15) is 20.4 Å². The second-order valence-corrected chi connectivity index (χ2v) is 5.48. The average molecular weight is 292 g/mol. The van der Waals surface area contributed by atoms with Crippen molar-refractivity contribution < 1.29 is 30.3 Å². The second-order valence-electron chi connectivity index (χ2n) is 5.48. The molecule has 6 N–H and O–H groups in total. The van der Waals surface area contributed by atoms with E-state index in [4.69, 9.17) is 9.84 Å². The van der Waals surface area contributed by atoms with Crippen molar-refractivity contribution in [2.45, 2.75) is 36.6 Å². The van der Waals surface area contributed by atoms with Crippen LogP contribution in [0.25, 0.3) is 0 Å². The Morgan fingerprint density at radius 1 is 1.30 bits per heavy atom. The van der Waals surface area contributed by atoms with Crippen molar-refractivity contribution in [2.75, 3.05) is 39.3 Å². The molecule has 5 atom stereocenters. The summed E-state index contributed by atoms with van der Waals surface area (Å²) in [6.07, 6.45) is -5.42. The Kier molecular flexibility index (Phi) is 5.32. The van der Waals surface area contributed by atoms with Crippen molar-refractivity contribution in [3.63, 3.8) is 0 Å². The molecule has 2 aliphatic heterocycles. The molecule has 2 heterocycles. The van der Waals surface area contributed by atoms with E-state index in [-0.39, 0.29) is 6.42 Å². The van der Waals surface area contributed by atoms with Gasteiger partial charge in [-0.25, -0.2) is 0 Å². The van der Waals surface area contributed by atoms with Gasteiger partial charge >= 0.3 is 0 Å². The smallest absolute Gasteiger partial charge is 0.187 e. The molecule has 0 aliphatic carbocycles. The zero-order valence-electron chi connectivity index (χ0n) is 11.4. The molecule has 0 radical (unpaired) electrons. The fourth-order valence-electron chi connectivity index (χ4n) is 2.72. The third-order valence-electron chi connectivity index (χ3n) is 4.14. The van der Waals surface area contributed by atoms with E-state index in [2.05, 4.69) is 10.2 Å². The number of hydrogen-bond acceptors (Lipinski definition) is 8. The van der Waals surface area contributed by atoms with Crippen molar-refractivity contribution in [1.29, 1.82) is 0 Å². The van der Waals surface area contributed by atoms with Crippen LogP contribution in [0.15, 0.2) is 0 Å². The number of aliphatic hydroxyl groups is 5. The van der Waals surface area contributed by atoms with Gasteiger partial charge in [-0.15, -0.1) is 0 Å². The zero-order valence-corrected chi connectivity index (χ0v) is 11.4. The number of ether oxygens (including phenoxy) is 1. The number of aliphatic hydroxyl groups excluding tert-OH is 4. The first kappa shape index (κ1) is 16.1. The molecule has 0 bridgehead atoms. The Balaban J connectivity index is 1.93. The minimum absolute atomic E-state index is 0.129. The summed E-state index contributed by atoms with van der Waals surface area (Å²) in [5.74, 6) is 0. The summed E-state index contributed by atoms with van der Waals surface area (Å²) in [4.78, 5) is 2.11. The van der Waals surface area contributed by atoms with E-state index in [0.717, 1.165) is 26.2 Å². The lowest BCUT2D eigenvalue weighted by atomic mass is 9.89. The van der Waals surface area contributed by atoms with Gasteiger partial charge in [0.1, 0.15) is 23.9 Å². The van der Waals surface area contributed by atoms with Crippen LogP contribution in [0.5, 0.6) is 0 Å². The van der Waals surface area contributed by atoms with Crippen LogP contribution in [0.2, 0.25) is 0 Å². The van der Waals surface area contributed by atoms with Crippen molar-refractivity contribution in [2.24, 2.45) is 0 Å². The Hall–Kier alpha value is -0.320. The molecule has 0 aromatic carbocycles. The minimum Gasteiger partial charge on any atom is -0.394 e. The van der Waals surface area contributed by atoms with Gasteiger partial charge in [0.15, 0.2) is 6.29 Å². The predicted molar refractivity (Wildman–Crippen MR) is 68.9 cm³/mol. The molecule has 20 heavy (non-hydrogen) atoms. The van der Waals surface area contributed by atoms with Crippen LogP contribution in [0.1, 0.15) is 6.42 Å². The Morgan fingerprint density at radius 2 is 1.95 bits per heavy atom. The molecule has 2 saturated heterocycles. The molecule has 2 fully saturated rings. The van der Waals surface area contributed by atoms with Crippen molar-refractivity contribution in [1.82, 2.24) is 10.2 Å². The summed E-state index contributed by atoms with van der Waals surface area (Å²) >= 11 is 0. The van der Waals surface area contributed by atoms with Gasteiger partial charge in [-0.1, -0.05) is 0 Å². The largest absolute Gasteiger partial charge is 0.394 e. The Labute approximate surface area is 117 Å². The SMILES string of the molecule is OC[C@@H](O)[C@H]1O[C@H](O)[C@](O)(CCN2CCNCC2)[C@H]1O. The highest BCUT2D eigenvalue weighted by molar-refractivity contribution is 5.02. The van der Waals surface area contributed by atoms with E-state index in [1.54, 1.807) is 0 Å². The van der Waals surface area contributed by atoms with E-state index in [0.29, 0.717) is 6.54 Å². The van der Waals surface area contributed by atoms with Crippen molar-refractivity contribution >= 4 is 0 Å². The van der Waals surface area contributed by atoms with Crippen LogP contribution >= 0.6 is 0 Å². The highest BCUT2D eigenvalue weighted by atomic mass is 16.7. The summed E-state index contributed by atoms with van der Waals surface area (Å²) in [7, 11) is 0. The topological polar surface area (TPSA) is 126 Å². The van der Waals surface area contributed by atoms with Gasteiger partial charge in [-0.3, -0.25) is 0 Å². The maximum atomic E-state index is 10.4. The van der Waals surface area contributed by atoms with E-state index < -0.39 is 36.8 Å². The van der Waals surface area contributed by atoms with Gasteiger partial charge in [0, 0.05) is 32.7 Å². The third kappa shape index (κ3) is 3.12. The van der Waals surface area contributed by atoms with Crippen LogP contribution in [-0.4, -0.2) is 100.0 Å². The minimum atomic E-state index is -1.83. The fourth-order valence-corrected chi connectivity index (χ4v) is 2.72. The number of piperazine rings is 1. The second kappa shape index (κ2) is 6.63. The van der Waals surface area contributed by atoms with E-state index in [1.807, 2.05) is 0 Å². The standard InChI is InChI=1S/C12H24N2O6/c15-7-8(16)9-10(17)12(19,11(18)20-9)1-4-14-5-2-13-3-6-14/h8-11,13,15-19H,1-7H2/t8-,9-,10+,11+,12+/m1/s1. The molecule has 2 rings (SSSR count). The summed E-state index contributed by atoms with van der Waals surface area (Å²) in [6.45, 7) is 3.31. The number of nitrogens with zero attached hydrogens (tertiary/aromatic N) is 1. The van der Waals surface area contributed by atoms with Crippen molar-refractivity contribution in [3.8, 4) is 0 Å². The summed E-state index contributed by atoms with van der Waals surface area (Å²) < 4.78 is 5.00. The Morgan fingerprint density at radius 3 is 2.55 bits per heavy atom. The lowest BCUT2D eigenvalue weighted by Gasteiger charge is -2.33. The normalized spacial score (nSPS) is 41.0. The first-order valence-electron chi connectivity index (χ1n) is 6.95. The third-order valence-corrected chi connectivity index (χ3v) is 4.14. The molecule has 8 nitrogen and oxygen atoms in total. The van der Waals surface area contributed by atoms with Gasteiger partial charge in [-0.05, 0) is 6.42 Å².